The standard InChI is InChI=1S/C7H12N2O/c1-3-7(10)6-4-5-9(2)8-6/h4-5,7,10H,3H2,1-2H3/t7-/m1/s1. The predicted octanol–water partition coefficient (Wildman–Crippen LogP) is 0.863. The number of nitrogens with zero attached hydrogens (tertiary/aromatic N) is 2. The van der Waals surface area contributed by atoms with Crippen LogP contribution in [0.2, 0.25) is 0 Å². The molecule has 0 spiro atoms. The van der Waals surface area contributed by atoms with Crippen LogP contribution in [-0.2, 0) is 7.05 Å². The molecule has 0 bridgehead atoms. The highest BCUT2D eigenvalue weighted by Crippen LogP contribution is 2.11. The third-order valence-electron chi connectivity index (χ3n) is 1.46. The number of aliphatic hydroxyl groups excluding tert-OH is 1. The molecule has 0 fully saturated rings. The number of aliphatic hydroxyl groups is 1. The Hall–Kier alpha value is -0.830. The number of hydrogen-bond donors (Lipinski definition) is 1. The van der Waals surface area contributed by atoms with Gasteiger partial charge in [-0.05, 0) is 12.5 Å². The molecule has 1 rings (SSSR count). The second-order valence-electron chi connectivity index (χ2n) is 2.34. The van der Waals surface area contributed by atoms with Gasteiger partial charge in [0.15, 0.2) is 0 Å². The minimum absolute atomic E-state index is 0.402. The number of hydrogen-bond acceptors (Lipinski definition) is 2. The summed E-state index contributed by atoms with van der Waals surface area (Å²) in [5.41, 5.74) is 0.755. The van der Waals surface area contributed by atoms with Crippen molar-refractivity contribution in [3.05, 3.63) is 18.0 Å². The van der Waals surface area contributed by atoms with Crippen molar-refractivity contribution < 1.29 is 5.11 Å². The molecule has 1 N–H and O–H groups in total. The average molecular weight is 140 g/mol. The van der Waals surface area contributed by atoms with E-state index in [4.69, 9.17) is 0 Å². The van der Waals surface area contributed by atoms with E-state index in [1.165, 1.54) is 0 Å². The first kappa shape index (κ1) is 7.28. The summed E-state index contributed by atoms with van der Waals surface area (Å²) in [5, 5.41) is 13.3. The zero-order chi connectivity index (χ0) is 7.56. The maximum atomic E-state index is 9.27. The summed E-state index contributed by atoms with van der Waals surface area (Å²) in [6, 6.07) is 1.83. The summed E-state index contributed by atoms with van der Waals surface area (Å²) >= 11 is 0. The fraction of sp³-hybridized carbons (Fsp3) is 0.571. The molecule has 1 heterocycles. The Morgan fingerprint density at radius 1 is 1.80 bits per heavy atom. The molecule has 10 heavy (non-hydrogen) atoms. The van der Waals surface area contributed by atoms with E-state index in [1.54, 1.807) is 4.68 Å². The van der Waals surface area contributed by atoms with E-state index in [0.29, 0.717) is 0 Å². The third kappa shape index (κ3) is 1.36. The minimum Gasteiger partial charge on any atom is -0.387 e. The van der Waals surface area contributed by atoms with Crippen LogP contribution in [0.5, 0.6) is 0 Å². The molecule has 56 valence electrons. The maximum Gasteiger partial charge on any atom is 0.0975 e. The third-order valence-corrected chi connectivity index (χ3v) is 1.46. The van der Waals surface area contributed by atoms with Crippen LogP contribution < -0.4 is 0 Å². The molecule has 0 amide bonds. The zero-order valence-electron chi connectivity index (χ0n) is 6.28. The minimum atomic E-state index is -0.402. The van der Waals surface area contributed by atoms with Gasteiger partial charge >= 0.3 is 0 Å². The average Bonchev–Trinajstić information content (AvgIpc) is 2.34. The van der Waals surface area contributed by atoms with Crippen molar-refractivity contribution in [3.63, 3.8) is 0 Å². The van der Waals surface area contributed by atoms with Gasteiger partial charge in [-0.25, -0.2) is 0 Å². The van der Waals surface area contributed by atoms with Gasteiger partial charge in [0.25, 0.3) is 0 Å². The Bertz CT molecular complexity index is 207. The van der Waals surface area contributed by atoms with Crippen LogP contribution >= 0.6 is 0 Å². The number of aryl methyl sites for hydroxylation is 1. The molecular formula is C7H12N2O. The molecule has 0 aliphatic rings. The normalized spacial score (nSPS) is 13.5. The van der Waals surface area contributed by atoms with E-state index >= 15 is 0 Å². The summed E-state index contributed by atoms with van der Waals surface area (Å²) < 4.78 is 1.69. The fourth-order valence-electron chi connectivity index (χ4n) is 0.820. The van der Waals surface area contributed by atoms with Gasteiger partial charge in [-0.15, -0.1) is 0 Å². The van der Waals surface area contributed by atoms with E-state index in [2.05, 4.69) is 5.10 Å². The predicted molar refractivity (Wildman–Crippen MR) is 38.5 cm³/mol. The Morgan fingerprint density at radius 2 is 2.50 bits per heavy atom. The summed E-state index contributed by atoms with van der Waals surface area (Å²) in [6.07, 6.45) is 2.15. The molecule has 3 heteroatoms. The highest BCUT2D eigenvalue weighted by molar-refractivity contribution is 5.01. The van der Waals surface area contributed by atoms with Crippen LogP contribution in [0.3, 0.4) is 0 Å². The van der Waals surface area contributed by atoms with Gasteiger partial charge in [0.2, 0.25) is 0 Å². The van der Waals surface area contributed by atoms with Crippen molar-refractivity contribution in [2.24, 2.45) is 7.05 Å². The molecule has 0 unspecified atom stereocenters. The highest BCUT2D eigenvalue weighted by Gasteiger charge is 2.05. The van der Waals surface area contributed by atoms with Gasteiger partial charge in [-0.3, -0.25) is 4.68 Å². The molecule has 0 saturated heterocycles. The number of rotatable bonds is 2. The molecule has 0 aromatic carbocycles. The van der Waals surface area contributed by atoms with E-state index in [-0.39, 0.29) is 0 Å². The maximum absolute atomic E-state index is 9.27. The Kier molecular flexibility index (Phi) is 2.06. The second kappa shape index (κ2) is 2.84. The first-order valence-electron chi connectivity index (χ1n) is 3.41. The summed E-state index contributed by atoms with van der Waals surface area (Å²) in [7, 11) is 1.84. The first-order valence-corrected chi connectivity index (χ1v) is 3.41. The SMILES string of the molecule is CC[C@@H](O)c1ccn(C)n1. The van der Waals surface area contributed by atoms with Crippen LogP contribution in [0, 0.1) is 0 Å². The van der Waals surface area contributed by atoms with E-state index < -0.39 is 6.10 Å². The molecular weight excluding hydrogens is 128 g/mol. The molecule has 0 aliphatic heterocycles. The van der Waals surface area contributed by atoms with Crippen LogP contribution in [0.15, 0.2) is 12.3 Å². The molecule has 1 atom stereocenters. The summed E-state index contributed by atoms with van der Waals surface area (Å²) in [6.45, 7) is 1.93. The van der Waals surface area contributed by atoms with Gasteiger partial charge in [-0.2, -0.15) is 5.10 Å². The van der Waals surface area contributed by atoms with Crippen molar-refractivity contribution in [3.8, 4) is 0 Å². The molecule has 1 aromatic heterocycles. The van der Waals surface area contributed by atoms with Gasteiger partial charge in [0, 0.05) is 13.2 Å². The van der Waals surface area contributed by atoms with Gasteiger partial charge in [-0.1, -0.05) is 6.92 Å². The van der Waals surface area contributed by atoms with E-state index in [0.717, 1.165) is 12.1 Å². The van der Waals surface area contributed by atoms with Crippen molar-refractivity contribution in [2.75, 3.05) is 0 Å². The molecule has 0 radical (unpaired) electrons. The van der Waals surface area contributed by atoms with Crippen LogP contribution in [0.25, 0.3) is 0 Å². The van der Waals surface area contributed by atoms with Crippen molar-refractivity contribution >= 4 is 0 Å². The van der Waals surface area contributed by atoms with E-state index in [1.807, 2.05) is 26.2 Å². The van der Waals surface area contributed by atoms with Crippen LogP contribution in [0.1, 0.15) is 25.1 Å². The fourth-order valence-corrected chi connectivity index (χ4v) is 0.820. The van der Waals surface area contributed by atoms with Crippen LogP contribution in [0.4, 0.5) is 0 Å². The monoisotopic (exact) mass is 140 g/mol. The molecule has 1 aromatic rings. The highest BCUT2D eigenvalue weighted by atomic mass is 16.3. The van der Waals surface area contributed by atoms with Gasteiger partial charge in [0.1, 0.15) is 0 Å². The van der Waals surface area contributed by atoms with Crippen molar-refractivity contribution in [1.29, 1.82) is 0 Å². The van der Waals surface area contributed by atoms with E-state index in [9.17, 15) is 5.11 Å². The summed E-state index contributed by atoms with van der Waals surface area (Å²) in [4.78, 5) is 0. The lowest BCUT2D eigenvalue weighted by Gasteiger charge is -2.00. The second-order valence-corrected chi connectivity index (χ2v) is 2.34. The zero-order valence-corrected chi connectivity index (χ0v) is 6.28. The molecule has 0 saturated carbocycles. The topological polar surface area (TPSA) is 38.0 Å². The van der Waals surface area contributed by atoms with Gasteiger partial charge < -0.3 is 5.11 Å². The molecule has 0 aliphatic carbocycles. The Balaban J connectivity index is 2.74. The smallest absolute Gasteiger partial charge is 0.0975 e. The quantitative estimate of drug-likeness (QED) is 0.661. The lowest BCUT2D eigenvalue weighted by Crippen LogP contribution is -1.97. The van der Waals surface area contributed by atoms with Crippen molar-refractivity contribution in [1.82, 2.24) is 9.78 Å². The van der Waals surface area contributed by atoms with Gasteiger partial charge in [0.05, 0.1) is 11.8 Å². The number of aromatic nitrogens is 2. The van der Waals surface area contributed by atoms with Crippen LogP contribution in [-0.4, -0.2) is 14.9 Å². The lowest BCUT2D eigenvalue weighted by atomic mass is 10.2. The largest absolute Gasteiger partial charge is 0.387 e. The van der Waals surface area contributed by atoms with Crippen molar-refractivity contribution in [2.45, 2.75) is 19.4 Å². The first-order chi connectivity index (χ1) is 4.74. The lowest BCUT2D eigenvalue weighted by molar-refractivity contribution is 0.168. The summed E-state index contributed by atoms with van der Waals surface area (Å²) in [5.74, 6) is 0. The Labute approximate surface area is 60.3 Å². The Morgan fingerprint density at radius 3 is 2.90 bits per heavy atom. The molecule has 3 nitrogen and oxygen atoms in total.